The zero-order valence-electron chi connectivity index (χ0n) is 13.6. The highest BCUT2D eigenvalue weighted by Gasteiger charge is 2.36. The summed E-state index contributed by atoms with van der Waals surface area (Å²) in [7, 11) is 0. The average Bonchev–Trinajstić information content (AvgIpc) is 3.02. The van der Waals surface area contributed by atoms with E-state index in [1.165, 1.54) is 0 Å². The molecule has 5 heteroatoms. The van der Waals surface area contributed by atoms with Gasteiger partial charge < -0.3 is 14.6 Å². The van der Waals surface area contributed by atoms with E-state index in [9.17, 15) is 4.79 Å². The number of piperazine rings is 1. The Bertz CT molecular complexity index is 480. The standard InChI is InChI=1S/C17H27N3O2/c1-13-5-8-19(9-6-13)17(21)16(15-4-3-11-22-15)20-10-7-18-14(2)12-20/h3-4,11,13-14,16,18H,5-10,12H2,1-2H3. The summed E-state index contributed by atoms with van der Waals surface area (Å²) < 4.78 is 5.61. The van der Waals surface area contributed by atoms with E-state index in [4.69, 9.17) is 4.42 Å². The van der Waals surface area contributed by atoms with Crippen molar-refractivity contribution in [2.24, 2.45) is 5.92 Å². The van der Waals surface area contributed by atoms with Crippen molar-refractivity contribution in [3.8, 4) is 0 Å². The molecule has 3 rings (SSSR count). The first kappa shape index (κ1) is 15.6. The summed E-state index contributed by atoms with van der Waals surface area (Å²) in [6.07, 6.45) is 3.88. The molecule has 0 bridgehead atoms. The van der Waals surface area contributed by atoms with Crippen LogP contribution in [0.5, 0.6) is 0 Å². The molecule has 2 saturated heterocycles. The van der Waals surface area contributed by atoms with Gasteiger partial charge in [0.05, 0.1) is 6.26 Å². The molecule has 0 saturated carbocycles. The molecule has 2 fully saturated rings. The second-order valence-corrected chi connectivity index (χ2v) is 6.78. The minimum atomic E-state index is -0.270. The number of carbonyl (C=O) groups is 1. The van der Waals surface area contributed by atoms with E-state index in [1.54, 1.807) is 6.26 Å². The van der Waals surface area contributed by atoms with E-state index in [2.05, 4.69) is 24.1 Å². The first-order valence-electron chi connectivity index (χ1n) is 8.45. The van der Waals surface area contributed by atoms with Crippen LogP contribution in [0.2, 0.25) is 0 Å². The zero-order chi connectivity index (χ0) is 15.5. The van der Waals surface area contributed by atoms with Crippen LogP contribution in [0.15, 0.2) is 22.8 Å². The first-order chi connectivity index (χ1) is 10.6. The Morgan fingerprint density at radius 3 is 2.73 bits per heavy atom. The monoisotopic (exact) mass is 305 g/mol. The number of rotatable bonds is 3. The number of likely N-dealkylation sites (tertiary alicyclic amines) is 1. The topological polar surface area (TPSA) is 48.7 Å². The number of furan rings is 1. The minimum Gasteiger partial charge on any atom is -0.467 e. The molecule has 2 atom stereocenters. The molecule has 3 heterocycles. The van der Waals surface area contributed by atoms with Crippen molar-refractivity contribution in [3.63, 3.8) is 0 Å². The van der Waals surface area contributed by atoms with Crippen LogP contribution in [0, 0.1) is 5.92 Å². The van der Waals surface area contributed by atoms with Gasteiger partial charge in [-0.1, -0.05) is 6.92 Å². The third kappa shape index (κ3) is 3.36. The van der Waals surface area contributed by atoms with Crippen LogP contribution in [0.4, 0.5) is 0 Å². The molecule has 0 aliphatic carbocycles. The highest BCUT2D eigenvalue weighted by atomic mass is 16.3. The molecule has 1 aromatic heterocycles. The van der Waals surface area contributed by atoms with Crippen LogP contribution < -0.4 is 5.32 Å². The summed E-state index contributed by atoms with van der Waals surface area (Å²) in [5.41, 5.74) is 0. The normalized spacial score (nSPS) is 26.1. The van der Waals surface area contributed by atoms with Gasteiger partial charge in [0.25, 0.3) is 0 Å². The summed E-state index contributed by atoms with van der Waals surface area (Å²) in [5, 5.41) is 3.44. The van der Waals surface area contributed by atoms with Gasteiger partial charge in [0.2, 0.25) is 5.91 Å². The van der Waals surface area contributed by atoms with Gasteiger partial charge in [0.15, 0.2) is 0 Å². The van der Waals surface area contributed by atoms with E-state index < -0.39 is 0 Å². The molecule has 122 valence electrons. The Morgan fingerprint density at radius 2 is 2.09 bits per heavy atom. The van der Waals surface area contributed by atoms with E-state index in [0.29, 0.717) is 6.04 Å². The summed E-state index contributed by atoms with van der Waals surface area (Å²) in [5.74, 6) is 1.71. The lowest BCUT2D eigenvalue weighted by Crippen LogP contribution is -2.54. The van der Waals surface area contributed by atoms with Crippen molar-refractivity contribution in [2.75, 3.05) is 32.7 Å². The molecule has 1 amide bonds. The van der Waals surface area contributed by atoms with Crippen molar-refractivity contribution >= 4 is 5.91 Å². The number of nitrogens with one attached hydrogen (secondary N) is 1. The van der Waals surface area contributed by atoms with Crippen molar-refractivity contribution in [3.05, 3.63) is 24.2 Å². The highest BCUT2D eigenvalue weighted by molar-refractivity contribution is 5.82. The van der Waals surface area contributed by atoms with Crippen molar-refractivity contribution in [1.82, 2.24) is 15.1 Å². The molecule has 5 nitrogen and oxygen atoms in total. The summed E-state index contributed by atoms with van der Waals surface area (Å²) >= 11 is 0. The minimum absolute atomic E-state index is 0.205. The van der Waals surface area contributed by atoms with Gasteiger partial charge in [-0.05, 0) is 37.8 Å². The fraction of sp³-hybridized carbons (Fsp3) is 0.706. The smallest absolute Gasteiger partial charge is 0.247 e. The Morgan fingerprint density at radius 1 is 1.32 bits per heavy atom. The largest absolute Gasteiger partial charge is 0.467 e. The molecule has 0 aromatic carbocycles. The Balaban J connectivity index is 1.77. The summed E-state index contributed by atoms with van der Waals surface area (Å²) in [4.78, 5) is 17.4. The van der Waals surface area contributed by atoms with Gasteiger partial charge in [-0.25, -0.2) is 0 Å². The Kier molecular flexibility index (Phi) is 4.84. The summed E-state index contributed by atoms with van der Waals surface area (Å²) in [6, 6.07) is 3.94. The van der Waals surface area contributed by atoms with E-state index in [0.717, 1.165) is 57.2 Å². The number of piperidine rings is 1. The Labute approximate surface area is 132 Å². The first-order valence-corrected chi connectivity index (χ1v) is 8.45. The molecule has 22 heavy (non-hydrogen) atoms. The molecular weight excluding hydrogens is 278 g/mol. The fourth-order valence-corrected chi connectivity index (χ4v) is 3.50. The number of nitrogens with zero attached hydrogens (tertiary/aromatic N) is 2. The van der Waals surface area contributed by atoms with Crippen molar-refractivity contribution in [2.45, 2.75) is 38.8 Å². The van der Waals surface area contributed by atoms with E-state index >= 15 is 0 Å². The molecule has 2 unspecified atom stereocenters. The van der Waals surface area contributed by atoms with Gasteiger partial charge in [-0.15, -0.1) is 0 Å². The third-order valence-electron chi connectivity index (χ3n) is 4.91. The number of hydrogen-bond acceptors (Lipinski definition) is 4. The lowest BCUT2D eigenvalue weighted by atomic mass is 9.98. The third-order valence-corrected chi connectivity index (χ3v) is 4.91. The zero-order valence-corrected chi connectivity index (χ0v) is 13.6. The molecular formula is C17H27N3O2. The van der Waals surface area contributed by atoms with E-state index in [-0.39, 0.29) is 11.9 Å². The van der Waals surface area contributed by atoms with Crippen LogP contribution >= 0.6 is 0 Å². The molecule has 0 radical (unpaired) electrons. The molecule has 0 spiro atoms. The molecule has 2 aliphatic heterocycles. The predicted molar refractivity (Wildman–Crippen MR) is 85.5 cm³/mol. The van der Waals surface area contributed by atoms with Crippen molar-refractivity contribution < 1.29 is 9.21 Å². The predicted octanol–water partition coefficient (Wildman–Crippen LogP) is 1.87. The lowest BCUT2D eigenvalue weighted by molar-refractivity contribution is -0.139. The van der Waals surface area contributed by atoms with Crippen LogP contribution in [0.3, 0.4) is 0 Å². The number of carbonyl (C=O) groups excluding carboxylic acids is 1. The van der Waals surface area contributed by atoms with Crippen molar-refractivity contribution in [1.29, 1.82) is 0 Å². The number of hydrogen-bond donors (Lipinski definition) is 1. The SMILES string of the molecule is CC1CCN(C(=O)C(c2ccco2)N2CCNC(C)C2)CC1. The summed E-state index contributed by atoms with van der Waals surface area (Å²) in [6.45, 7) is 8.86. The maximum absolute atomic E-state index is 13.1. The average molecular weight is 305 g/mol. The fourth-order valence-electron chi connectivity index (χ4n) is 3.50. The van der Waals surface area contributed by atoms with Gasteiger partial charge in [-0.2, -0.15) is 0 Å². The molecule has 1 aromatic rings. The van der Waals surface area contributed by atoms with Gasteiger partial charge in [0, 0.05) is 38.8 Å². The lowest BCUT2D eigenvalue weighted by Gasteiger charge is -2.39. The van der Waals surface area contributed by atoms with Crippen LogP contribution in [-0.2, 0) is 4.79 Å². The van der Waals surface area contributed by atoms with Gasteiger partial charge >= 0.3 is 0 Å². The quantitative estimate of drug-likeness (QED) is 0.926. The van der Waals surface area contributed by atoms with Crippen LogP contribution in [0.1, 0.15) is 38.5 Å². The Hall–Kier alpha value is -1.33. The maximum Gasteiger partial charge on any atom is 0.247 e. The van der Waals surface area contributed by atoms with E-state index in [1.807, 2.05) is 17.0 Å². The number of amides is 1. The molecule has 1 N–H and O–H groups in total. The maximum atomic E-state index is 13.1. The van der Waals surface area contributed by atoms with Crippen LogP contribution in [-0.4, -0.2) is 54.5 Å². The second kappa shape index (κ2) is 6.84. The molecule has 2 aliphatic rings. The van der Waals surface area contributed by atoms with Gasteiger partial charge in [-0.3, -0.25) is 9.69 Å². The second-order valence-electron chi connectivity index (χ2n) is 6.78. The highest BCUT2D eigenvalue weighted by Crippen LogP contribution is 2.27. The van der Waals surface area contributed by atoms with Crippen LogP contribution in [0.25, 0.3) is 0 Å². The van der Waals surface area contributed by atoms with Gasteiger partial charge in [0.1, 0.15) is 11.8 Å².